The molecule has 2 heterocycles. The molecule has 1 N–H and O–H groups in total. The van der Waals surface area contributed by atoms with Gasteiger partial charge in [0.25, 0.3) is 0 Å². The van der Waals surface area contributed by atoms with Gasteiger partial charge in [0.15, 0.2) is 11.6 Å². The molecule has 0 spiro atoms. The molecule has 4 nitrogen and oxygen atoms in total. The predicted octanol–water partition coefficient (Wildman–Crippen LogP) is 1.38. The van der Waals surface area contributed by atoms with Crippen LogP contribution in [0, 0.1) is 5.82 Å². The summed E-state index contributed by atoms with van der Waals surface area (Å²) in [5.74, 6) is 0.00696. The molecule has 1 aromatic rings. The minimum absolute atomic E-state index is 0.216. The highest BCUT2D eigenvalue weighted by Gasteiger charge is 2.20. The van der Waals surface area contributed by atoms with E-state index in [0.29, 0.717) is 10.8 Å². The Labute approximate surface area is 111 Å². The molecule has 0 bridgehead atoms. The lowest BCUT2D eigenvalue weighted by Crippen LogP contribution is -2.47. The molecule has 6 heteroatoms. The lowest BCUT2D eigenvalue weighted by molar-refractivity contribution is 0.215. The number of piperazine rings is 1. The van der Waals surface area contributed by atoms with Crippen LogP contribution in [0.5, 0.6) is 0 Å². The first-order chi connectivity index (χ1) is 8.70. The third kappa shape index (κ3) is 3.31. The minimum Gasteiger partial charge on any atom is -0.396 e. The smallest absolute Gasteiger partial charge is 0.167 e. The predicted molar refractivity (Wildman–Crippen MR) is 69.6 cm³/mol. The van der Waals surface area contributed by atoms with Crippen LogP contribution in [-0.2, 0) is 0 Å². The number of nitrogens with zero attached hydrogens (tertiary/aromatic N) is 3. The maximum absolute atomic E-state index is 13.7. The Hall–Kier alpha value is -0.910. The van der Waals surface area contributed by atoms with E-state index in [0.717, 1.165) is 39.1 Å². The monoisotopic (exact) mass is 273 g/mol. The number of aromatic nitrogens is 1. The molecule has 1 aliphatic heterocycles. The first-order valence-electron chi connectivity index (χ1n) is 6.10. The van der Waals surface area contributed by atoms with Crippen molar-refractivity contribution >= 4 is 17.4 Å². The Balaban J connectivity index is 1.93. The molecule has 1 aromatic heterocycles. The maximum Gasteiger partial charge on any atom is 0.167 e. The number of pyridine rings is 1. The molecule has 0 unspecified atom stereocenters. The summed E-state index contributed by atoms with van der Waals surface area (Å²) in [7, 11) is 0. The summed E-state index contributed by atoms with van der Waals surface area (Å²) in [6.07, 6.45) is 2.26. The van der Waals surface area contributed by atoms with Crippen LogP contribution in [0.25, 0.3) is 0 Å². The first-order valence-corrected chi connectivity index (χ1v) is 6.47. The normalized spacial score (nSPS) is 17.2. The van der Waals surface area contributed by atoms with Gasteiger partial charge in [-0.05, 0) is 12.5 Å². The van der Waals surface area contributed by atoms with Crippen LogP contribution in [0.1, 0.15) is 6.42 Å². The quantitative estimate of drug-likeness (QED) is 0.900. The van der Waals surface area contributed by atoms with Crippen molar-refractivity contribution in [2.45, 2.75) is 6.42 Å². The first kappa shape index (κ1) is 13.5. The van der Waals surface area contributed by atoms with Crippen molar-refractivity contribution in [2.75, 3.05) is 44.2 Å². The number of aliphatic hydroxyl groups is 1. The third-order valence-electron chi connectivity index (χ3n) is 3.09. The van der Waals surface area contributed by atoms with Crippen LogP contribution >= 0.6 is 11.6 Å². The fourth-order valence-corrected chi connectivity index (χ4v) is 2.26. The van der Waals surface area contributed by atoms with Crippen LogP contribution in [0.3, 0.4) is 0 Å². The van der Waals surface area contributed by atoms with E-state index in [4.69, 9.17) is 16.7 Å². The van der Waals surface area contributed by atoms with Gasteiger partial charge in [-0.15, -0.1) is 0 Å². The van der Waals surface area contributed by atoms with Crippen molar-refractivity contribution in [3.8, 4) is 0 Å². The topological polar surface area (TPSA) is 39.6 Å². The van der Waals surface area contributed by atoms with Crippen molar-refractivity contribution < 1.29 is 9.50 Å². The number of rotatable bonds is 4. The molecule has 1 fully saturated rings. The van der Waals surface area contributed by atoms with Crippen LogP contribution in [0.2, 0.25) is 5.02 Å². The fourth-order valence-electron chi connectivity index (χ4n) is 2.12. The number of hydrogen-bond donors (Lipinski definition) is 1. The maximum atomic E-state index is 13.7. The number of anilines is 1. The van der Waals surface area contributed by atoms with Gasteiger partial charge in [-0.3, -0.25) is 4.90 Å². The number of aliphatic hydroxyl groups excluding tert-OH is 1. The molecule has 0 saturated carbocycles. The lowest BCUT2D eigenvalue weighted by Gasteiger charge is -2.35. The summed E-state index contributed by atoms with van der Waals surface area (Å²) in [5, 5.41) is 9.10. The third-order valence-corrected chi connectivity index (χ3v) is 3.30. The summed E-state index contributed by atoms with van der Waals surface area (Å²) >= 11 is 5.68. The van der Waals surface area contributed by atoms with E-state index in [-0.39, 0.29) is 12.4 Å². The van der Waals surface area contributed by atoms with Crippen molar-refractivity contribution in [3.05, 3.63) is 23.1 Å². The largest absolute Gasteiger partial charge is 0.396 e. The zero-order valence-corrected chi connectivity index (χ0v) is 10.9. The minimum atomic E-state index is -0.369. The molecule has 0 aliphatic carbocycles. The zero-order valence-electron chi connectivity index (χ0n) is 10.1. The Morgan fingerprint density at radius 1 is 1.33 bits per heavy atom. The molecule has 0 amide bonds. The second-order valence-electron chi connectivity index (χ2n) is 4.36. The molecule has 0 radical (unpaired) electrons. The summed E-state index contributed by atoms with van der Waals surface area (Å²) < 4.78 is 13.7. The Morgan fingerprint density at radius 2 is 2.06 bits per heavy atom. The van der Waals surface area contributed by atoms with Gasteiger partial charge in [0.05, 0.1) is 5.02 Å². The highest BCUT2D eigenvalue weighted by molar-refractivity contribution is 6.30. The van der Waals surface area contributed by atoms with E-state index >= 15 is 0 Å². The summed E-state index contributed by atoms with van der Waals surface area (Å²) in [5.41, 5.74) is 0. The van der Waals surface area contributed by atoms with Gasteiger partial charge < -0.3 is 10.0 Å². The van der Waals surface area contributed by atoms with Crippen molar-refractivity contribution in [1.82, 2.24) is 9.88 Å². The van der Waals surface area contributed by atoms with Crippen LogP contribution < -0.4 is 4.90 Å². The Kier molecular flexibility index (Phi) is 4.74. The van der Waals surface area contributed by atoms with Crippen molar-refractivity contribution in [3.63, 3.8) is 0 Å². The zero-order chi connectivity index (χ0) is 13.0. The van der Waals surface area contributed by atoms with Gasteiger partial charge in [-0.25, -0.2) is 9.37 Å². The van der Waals surface area contributed by atoms with Gasteiger partial charge in [0, 0.05) is 45.5 Å². The van der Waals surface area contributed by atoms with Gasteiger partial charge in [0.1, 0.15) is 0 Å². The highest BCUT2D eigenvalue weighted by atomic mass is 35.5. The van der Waals surface area contributed by atoms with Crippen molar-refractivity contribution in [1.29, 1.82) is 0 Å². The van der Waals surface area contributed by atoms with Gasteiger partial charge in [0.2, 0.25) is 0 Å². The van der Waals surface area contributed by atoms with E-state index in [2.05, 4.69) is 9.88 Å². The summed E-state index contributed by atoms with van der Waals surface area (Å²) in [4.78, 5) is 8.25. The second-order valence-corrected chi connectivity index (χ2v) is 4.80. The van der Waals surface area contributed by atoms with E-state index in [1.807, 2.05) is 4.90 Å². The van der Waals surface area contributed by atoms with E-state index in [1.165, 1.54) is 12.3 Å². The van der Waals surface area contributed by atoms with Crippen LogP contribution in [0.15, 0.2) is 12.3 Å². The second kappa shape index (κ2) is 6.31. The van der Waals surface area contributed by atoms with Gasteiger partial charge >= 0.3 is 0 Å². The highest BCUT2D eigenvalue weighted by Crippen LogP contribution is 2.20. The molecule has 18 heavy (non-hydrogen) atoms. The Bertz CT molecular complexity index is 397. The molecule has 100 valence electrons. The summed E-state index contributed by atoms with van der Waals surface area (Å²) in [6.45, 7) is 4.33. The average Bonchev–Trinajstić information content (AvgIpc) is 2.37. The van der Waals surface area contributed by atoms with E-state index < -0.39 is 0 Å². The SMILES string of the molecule is OCCCN1CCN(c2ncc(Cl)cc2F)CC1. The van der Waals surface area contributed by atoms with Gasteiger partial charge in [-0.2, -0.15) is 0 Å². The average molecular weight is 274 g/mol. The van der Waals surface area contributed by atoms with E-state index in [1.54, 1.807) is 0 Å². The molecule has 1 saturated heterocycles. The number of hydrogen-bond acceptors (Lipinski definition) is 4. The molecular weight excluding hydrogens is 257 g/mol. The molecule has 2 rings (SSSR count). The molecule has 0 atom stereocenters. The molecular formula is C12H17ClFN3O. The fraction of sp³-hybridized carbons (Fsp3) is 0.583. The standard InChI is InChI=1S/C12H17ClFN3O/c13-10-8-11(14)12(15-9-10)17-5-3-16(4-6-17)2-1-7-18/h8-9,18H,1-7H2. The van der Waals surface area contributed by atoms with Crippen molar-refractivity contribution in [2.24, 2.45) is 0 Å². The van der Waals surface area contributed by atoms with Crippen LogP contribution in [-0.4, -0.2) is 54.3 Å². The van der Waals surface area contributed by atoms with E-state index in [9.17, 15) is 4.39 Å². The van der Waals surface area contributed by atoms with Gasteiger partial charge in [-0.1, -0.05) is 11.6 Å². The Morgan fingerprint density at radius 3 is 2.67 bits per heavy atom. The van der Waals surface area contributed by atoms with Crippen LogP contribution in [0.4, 0.5) is 10.2 Å². The molecule has 0 aromatic carbocycles. The lowest BCUT2D eigenvalue weighted by atomic mass is 10.3. The molecule has 1 aliphatic rings. The number of halogens is 2. The summed E-state index contributed by atoms with van der Waals surface area (Å²) in [6, 6.07) is 1.29.